The molecule has 0 spiro atoms. The molecule has 1 amide bonds. The number of rotatable bonds is 2. The summed E-state index contributed by atoms with van der Waals surface area (Å²) in [5.74, 6) is 0.791. The predicted octanol–water partition coefficient (Wildman–Crippen LogP) is 1.41. The van der Waals surface area contributed by atoms with E-state index in [2.05, 4.69) is 5.32 Å². The second-order valence-corrected chi connectivity index (χ2v) is 5.43. The first-order chi connectivity index (χ1) is 9.22. The molecule has 1 fully saturated rings. The summed E-state index contributed by atoms with van der Waals surface area (Å²) in [6.45, 7) is 0. The average Bonchev–Trinajstić information content (AvgIpc) is 2.85. The van der Waals surface area contributed by atoms with E-state index < -0.39 is 6.10 Å². The van der Waals surface area contributed by atoms with E-state index in [9.17, 15) is 9.90 Å². The molecule has 3 rings (SSSR count). The number of nitrogens with one attached hydrogen (secondary N) is 1. The monoisotopic (exact) mass is 261 g/mol. The van der Waals surface area contributed by atoms with Crippen molar-refractivity contribution >= 4 is 5.91 Å². The van der Waals surface area contributed by atoms with Crippen LogP contribution in [-0.4, -0.2) is 29.3 Å². The Morgan fingerprint density at radius 3 is 2.68 bits per heavy atom. The highest BCUT2D eigenvalue weighted by Gasteiger charge is 2.30. The van der Waals surface area contributed by atoms with Crippen LogP contribution >= 0.6 is 0 Å². The lowest BCUT2D eigenvalue weighted by atomic mass is 9.93. The topological polar surface area (TPSA) is 58.6 Å². The van der Waals surface area contributed by atoms with E-state index in [0.29, 0.717) is 6.42 Å². The van der Waals surface area contributed by atoms with Crippen LogP contribution in [0.2, 0.25) is 0 Å². The number of hydrogen-bond donors (Lipinski definition) is 2. The highest BCUT2D eigenvalue weighted by molar-refractivity contribution is 5.82. The zero-order valence-corrected chi connectivity index (χ0v) is 10.8. The number of carbonyl (C=O) groups is 1. The molecule has 0 radical (unpaired) electrons. The fourth-order valence-electron chi connectivity index (χ4n) is 2.84. The third-order valence-corrected chi connectivity index (χ3v) is 3.98. The normalized spacial score (nSPS) is 29.4. The quantitative estimate of drug-likeness (QED) is 0.846. The molecule has 1 unspecified atom stereocenters. The van der Waals surface area contributed by atoms with Crippen LogP contribution in [0, 0.1) is 0 Å². The summed E-state index contributed by atoms with van der Waals surface area (Å²) in [6.07, 6.45) is 3.31. The lowest BCUT2D eigenvalue weighted by Crippen LogP contribution is -2.45. The van der Waals surface area contributed by atoms with E-state index in [1.54, 1.807) is 0 Å². The van der Waals surface area contributed by atoms with Gasteiger partial charge in [-0.25, -0.2) is 0 Å². The van der Waals surface area contributed by atoms with Crippen molar-refractivity contribution in [3.63, 3.8) is 0 Å². The second-order valence-electron chi connectivity index (χ2n) is 5.43. The average molecular weight is 261 g/mol. The molecule has 4 heteroatoms. The number of aliphatic hydroxyl groups is 1. The van der Waals surface area contributed by atoms with Crippen LogP contribution in [0.15, 0.2) is 24.3 Å². The van der Waals surface area contributed by atoms with E-state index >= 15 is 0 Å². The second kappa shape index (κ2) is 5.21. The number of amides is 1. The molecular formula is C15H19NO3. The van der Waals surface area contributed by atoms with Crippen LogP contribution in [0.1, 0.15) is 31.2 Å². The van der Waals surface area contributed by atoms with E-state index in [-0.39, 0.29) is 18.1 Å². The number of ether oxygens (including phenoxy) is 1. The molecule has 2 N–H and O–H groups in total. The van der Waals surface area contributed by atoms with Gasteiger partial charge in [0.1, 0.15) is 5.75 Å². The number of carbonyl (C=O) groups excluding carboxylic acids is 1. The molecule has 102 valence electrons. The minimum absolute atomic E-state index is 0.0300. The number of fused-ring (bicyclic) bond motifs is 1. The first kappa shape index (κ1) is 12.5. The molecule has 1 aliphatic carbocycles. The Bertz CT molecular complexity index is 441. The zero-order chi connectivity index (χ0) is 13.2. The zero-order valence-electron chi connectivity index (χ0n) is 10.8. The van der Waals surface area contributed by atoms with Crippen molar-refractivity contribution in [2.45, 2.75) is 50.4 Å². The van der Waals surface area contributed by atoms with Crippen LogP contribution in [0.4, 0.5) is 0 Å². The Morgan fingerprint density at radius 2 is 1.95 bits per heavy atom. The summed E-state index contributed by atoms with van der Waals surface area (Å²) in [5, 5.41) is 12.5. The van der Waals surface area contributed by atoms with Gasteiger partial charge >= 0.3 is 0 Å². The Balaban J connectivity index is 1.55. The Hall–Kier alpha value is -1.55. The summed E-state index contributed by atoms with van der Waals surface area (Å²) in [7, 11) is 0. The van der Waals surface area contributed by atoms with Crippen molar-refractivity contribution in [1.82, 2.24) is 5.32 Å². The molecule has 1 heterocycles. The fraction of sp³-hybridized carbons (Fsp3) is 0.533. The molecule has 0 saturated heterocycles. The molecular weight excluding hydrogens is 242 g/mol. The molecule has 1 aromatic rings. The summed E-state index contributed by atoms with van der Waals surface area (Å²) >= 11 is 0. The van der Waals surface area contributed by atoms with Crippen LogP contribution in [0.3, 0.4) is 0 Å². The molecule has 4 nitrogen and oxygen atoms in total. The third kappa shape index (κ3) is 2.73. The van der Waals surface area contributed by atoms with E-state index in [0.717, 1.165) is 37.0 Å². The highest BCUT2D eigenvalue weighted by Crippen LogP contribution is 2.28. The number of benzene rings is 1. The largest absolute Gasteiger partial charge is 0.480 e. The highest BCUT2D eigenvalue weighted by atomic mass is 16.5. The maximum absolute atomic E-state index is 12.2. The smallest absolute Gasteiger partial charge is 0.261 e. The predicted molar refractivity (Wildman–Crippen MR) is 71.0 cm³/mol. The Kier molecular flexibility index (Phi) is 3.42. The molecule has 1 atom stereocenters. The molecule has 2 aliphatic rings. The number of hydrogen-bond acceptors (Lipinski definition) is 3. The van der Waals surface area contributed by atoms with Crippen LogP contribution in [0.25, 0.3) is 0 Å². The van der Waals surface area contributed by atoms with E-state index in [4.69, 9.17) is 4.74 Å². The lowest BCUT2D eigenvalue weighted by Gasteiger charge is -2.27. The van der Waals surface area contributed by atoms with Gasteiger partial charge < -0.3 is 15.2 Å². The van der Waals surface area contributed by atoms with Gasteiger partial charge in [0.25, 0.3) is 5.91 Å². The van der Waals surface area contributed by atoms with Gasteiger partial charge in [-0.05, 0) is 37.3 Å². The van der Waals surface area contributed by atoms with Gasteiger partial charge in [-0.15, -0.1) is 0 Å². The van der Waals surface area contributed by atoms with Crippen LogP contribution < -0.4 is 10.1 Å². The molecule has 0 aromatic heterocycles. The minimum atomic E-state index is -0.399. The van der Waals surface area contributed by atoms with Gasteiger partial charge in [0.15, 0.2) is 6.10 Å². The molecule has 19 heavy (non-hydrogen) atoms. The molecule has 1 aliphatic heterocycles. The molecule has 0 bridgehead atoms. The molecule has 1 saturated carbocycles. The van der Waals surface area contributed by atoms with Gasteiger partial charge in [0.05, 0.1) is 6.10 Å². The number of aliphatic hydroxyl groups excluding tert-OH is 1. The van der Waals surface area contributed by atoms with Gasteiger partial charge in [-0.3, -0.25) is 4.79 Å². The summed E-state index contributed by atoms with van der Waals surface area (Å²) in [6, 6.07) is 7.97. The summed E-state index contributed by atoms with van der Waals surface area (Å²) < 4.78 is 5.67. The maximum Gasteiger partial charge on any atom is 0.261 e. The van der Waals surface area contributed by atoms with Gasteiger partial charge in [-0.1, -0.05) is 18.2 Å². The fourth-order valence-corrected chi connectivity index (χ4v) is 2.84. The van der Waals surface area contributed by atoms with Crippen LogP contribution in [-0.2, 0) is 11.2 Å². The van der Waals surface area contributed by atoms with Crippen molar-refractivity contribution < 1.29 is 14.6 Å². The first-order valence-corrected chi connectivity index (χ1v) is 6.95. The Morgan fingerprint density at radius 1 is 1.21 bits per heavy atom. The van der Waals surface area contributed by atoms with Crippen molar-refractivity contribution in [1.29, 1.82) is 0 Å². The first-order valence-electron chi connectivity index (χ1n) is 6.95. The number of para-hydroxylation sites is 1. The van der Waals surface area contributed by atoms with Crippen molar-refractivity contribution in [2.75, 3.05) is 0 Å². The minimum Gasteiger partial charge on any atom is -0.480 e. The molecule has 1 aromatic carbocycles. The summed E-state index contributed by atoms with van der Waals surface area (Å²) in [4.78, 5) is 12.2. The van der Waals surface area contributed by atoms with Gasteiger partial charge in [-0.2, -0.15) is 0 Å². The standard InChI is InChI=1S/C15H19NO3/c17-12-7-5-11(6-8-12)16-15(18)14-9-10-3-1-2-4-13(10)19-14/h1-4,11-12,14,17H,5-9H2,(H,16,18). The van der Waals surface area contributed by atoms with Gasteiger partial charge in [0, 0.05) is 12.5 Å². The summed E-state index contributed by atoms with van der Waals surface area (Å²) in [5.41, 5.74) is 1.10. The Labute approximate surface area is 112 Å². The van der Waals surface area contributed by atoms with Crippen molar-refractivity contribution in [3.05, 3.63) is 29.8 Å². The third-order valence-electron chi connectivity index (χ3n) is 3.98. The van der Waals surface area contributed by atoms with E-state index in [1.807, 2.05) is 24.3 Å². The van der Waals surface area contributed by atoms with Crippen molar-refractivity contribution in [2.24, 2.45) is 0 Å². The van der Waals surface area contributed by atoms with E-state index in [1.165, 1.54) is 0 Å². The SMILES string of the molecule is O=C(NC1CCC(O)CC1)C1Cc2ccccc2O1. The van der Waals surface area contributed by atoms with Crippen LogP contribution in [0.5, 0.6) is 5.75 Å². The van der Waals surface area contributed by atoms with Crippen molar-refractivity contribution in [3.8, 4) is 5.75 Å². The maximum atomic E-state index is 12.2. The van der Waals surface area contributed by atoms with Gasteiger partial charge in [0.2, 0.25) is 0 Å². The lowest BCUT2D eigenvalue weighted by molar-refractivity contribution is -0.128.